The fourth-order valence-electron chi connectivity index (χ4n) is 2.50. The van der Waals surface area contributed by atoms with Crippen LogP contribution in [0.2, 0.25) is 0 Å². The first-order valence-electron chi connectivity index (χ1n) is 8.30. The minimum absolute atomic E-state index is 0.265. The zero-order valence-electron chi connectivity index (χ0n) is 15.3. The van der Waals surface area contributed by atoms with Gasteiger partial charge in [-0.2, -0.15) is 0 Å². The zero-order valence-corrected chi connectivity index (χ0v) is 15.3. The number of aryl methyl sites for hydroxylation is 1. The molecule has 0 radical (unpaired) electrons. The van der Waals surface area contributed by atoms with E-state index in [0.717, 1.165) is 0 Å². The number of ether oxygens (including phenoxy) is 2. The second kappa shape index (κ2) is 8.18. The van der Waals surface area contributed by atoms with Gasteiger partial charge in [-0.05, 0) is 31.2 Å². The summed E-state index contributed by atoms with van der Waals surface area (Å²) in [5, 5.41) is 5.98. The lowest BCUT2D eigenvalue weighted by Crippen LogP contribution is -2.15. The predicted molar refractivity (Wildman–Crippen MR) is 104 cm³/mol. The number of para-hydroxylation sites is 1. The van der Waals surface area contributed by atoms with Crippen LogP contribution in [0.4, 0.5) is 17.2 Å². The molecule has 0 bridgehead atoms. The first kappa shape index (κ1) is 18.2. The largest absolute Gasteiger partial charge is 0.497 e. The minimum atomic E-state index is -0.309. The molecule has 0 fully saturated rings. The fraction of sp³-hybridized carbons (Fsp3) is 0.150. The van der Waals surface area contributed by atoms with Gasteiger partial charge in [0.1, 0.15) is 28.8 Å². The van der Waals surface area contributed by atoms with Gasteiger partial charge in [-0.3, -0.25) is 4.79 Å². The second-order valence-electron chi connectivity index (χ2n) is 5.70. The lowest BCUT2D eigenvalue weighted by molar-refractivity contribution is 0.102. The molecule has 2 aromatic carbocycles. The number of carbonyl (C=O) groups excluding carboxylic acids is 1. The van der Waals surface area contributed by atoms with Crippen LogP contribution in [0.15, 0.2) is 54.6 Å². The van der Waals surface area contributed by atoms with Crippen LogP contribution < -0.4 is 20.1 Å². The van der Waals surface area contributed by atoms with Gasteiger partial charge in [-0.15, -0.1) is 0 Å². The SMILES string of the molecule is COc1ccc(Nc2cc(C(=O)Nc3ccccc3)nc(C)n2)c(OC)c1. The Morgan fingerprint density at radius 3 is 2.44 bits per heavy atom. The van der Waals surface area contributed by atoms with E-state index in [0.29, 0.717) is 34.5 Å². The van der Waals surface area contributed by atoms with E-state index < -0.39 is 0 Å². The summed E-state index contributed by atoms with van der Waals surface area (Å²) in [6, 6.07) is 16.2. The molecular weight excluding hydrogens is 344 g/mol. The van der Waals surface area contributed by atoms with E-state index in [4.69, 9.17) is 9.47 Å². The van der Waals surface area contributed by atoms with E-state index in [2.05, 4.69) is 20.6 Å². The molecular formula is C20H20N4O3. The normalized spacial score (nSPS) is 10.2. The first-order valence-corrected chi connectivity index (χ1v) is 8.30. The molecule has 0 unspecified atom stereocenters. The van der Waals surface area contributed by atoms with Gasteiger partial charge in [0.25, 0.3) is 5.91 Å². The molecule has 0 aliphatic heterocycles. The highest BCUT2D eigenvalue weighted by molar-refractivity contribution is 6.03. The third-order valence-corrected chi connectivity index (χ3v) is 3.77. The van der Waals surface area contributed by atoms with Gasteiger partial charge in [-0.1, -0.05) is 18.2 Å². The van der Waals surface area contributed by atoms with Crippen LogP contribution in [0.3, 0.4) is 0 Å². The van der Waals surface area contributed by atoms with Crippen LogP contribution in [-0.4, -0.2) is 30.1 Å². The van der Waals surface area contributed by atoms with E-state index in [1.54, 1.807) is 33.3 Å². The molecule has 7 heteroatoms. The summed E-state index contributed by atoms with van der Waals surface area (Å²) < 4.78 is 10.6. The lowest BCUT2D eigenvalue weighted by atomic mass is 10.2. The van der Waals surface area contributed by atoms with E-state index in [-0.39, 0.29) is 11.6 Å². The molecule has 0 spiro atoms. The van der Waals surface area contributed by atoms with Crippen LogP contribution in [0, 0.1) is 6.92 Å². The number of amides is 1. The molecule has 0 saturated heterocycles. The maximum absolute atomic E-state index is 12.5. The molecule has 0 aliphatic carbocycles. The summed E-state index contributed by atoms with van der Waals surface area (Å²) in [7, 11) is 3.16. The molecule has 2 N–H and O–H groups in total. The molecule has 0 atom stereocenters. The second-order valence-corrected chi connectivity index (χ2v) is 5.70. The quantitative estimate of drug-likeness (QED) is 0.692. The number of anilines is 3. The molecule has 1 heterocycles. The number of aromatic nitrogens is 2. The predicted octanol–water partition coefficient (Wildman–Crippen LogP) is 3.80. The topological polar surface area (TPSA) is 85.4 Å². The number of hydrogen-bond acceptors (Lipinski definition) is 6. The van der Waals surface area contributed by atoms with Gasteiger partial charge < -0.3 is 20.1 Å². The summed E-state index contributed by atoms with van der Waals surface area (Å²) in [5.74, 6) is 1.94. The Morgan fingerprint density at radius 2 is 1.74 bits per heavy atom. The number of rotatable bonds is 6. The Labute approximate surface area is 157 Å². The molecule has 3 rings (SSSR count). The van der Waals surface area contributed by atoms with E-state index in [1.807, 2.05) is 42.5 Å². The van der Waals surface area contributed by atoms with Gasteiger partial charge in [0, 0.05) is 17.8 Å². The van der Waals surface area contributed by atoms with Gasteiger partial charge >= 0.3 is 0 Å². The highest BCUT2D eigenvalue weighted by Gasteiger charge is 2.12. The van der Waals surface area contributed by atoms with E-state index in [1.165, 1.54) is 0 Å². The van der Waals surface area contributed by atoms with Crippen LogP contribution in [-0.2, 0) is 0 Å². The molecule has 138 valence electrons. The van der Waals surface area contributed by atoms with Gasteiger partial charge in [0.15, 0.2) is 0 Å². The van der Waals surface area contributed by atoms with Crippen molar-refractivity contribution in [2.24, 2.45) is 0 Å². The number of nitrogens with zero attached hydrogens (tertiary/aromatic N) is 2. The number of methoxy groups -OCH3 is 2. The van der Waals surface area contributed by atoms with Crippen LogP contribution in [0.1, 0.15) is 16.3 Å². The molecule has 3 aromatic rings. The first-order chi connectivity index (χ1) is 13.1. The Bertz CT molecular complexity index is 945. The Morgan fingerprint density at radius 1 is 0.963 bits per heavy atom. The highest BCUT2D eigenvalue weighted by atomic mass is 16.5. The van der Waals surface area contributed by atoms with Crippen molar-refractivity contribution in [2.75, 3.05) is 24.9 Å². The van der Waals surface area contributed by atoms with Crippen molar-refractivity contribution in [1.29, 1.82) is 0 Å². The molecule has 1 aromatic heterocycles. The summed E-state index contributed by atoms with van der Waals surface area (Å²) >= 11 is 0. The maximum atomic E-state index is 12.5. The average Bonchev–Trinajstić information content (AvgIpc) is 2.68. The van der Waals surface area contributed by atoms with Crippen LogP contribution in [0.25, 0.3) is 0 Å². The number of hydrogen-bond donors (Lipinski definition) is 2. The zero-order chi connectivity index (χ0) is 19.2. The summed E-state index contributed by atoms with van der Waals surface area (Å²) in [5.41, 5.74) is 1.66. The molecule has 27 heavy (non-hydrogen) atoms. The van der Waals surface area contributed by atoms with Crippen molar-refractivity contribution in [1.82, 2.24) is 9.97 Å². The summed E-state index contributed by atoms with van der Waals surface area (Å²) in [4.78, 5) is 21.1. The van der Waals surface area contributed by atoms with Crippen LogP contribution >= 0.6 is 0 Å². The average molecular weight is 364 g/mol. The number of nitrogens with one attached hydrogen (secondary N) is 2. The molecule has 0 saturated carbocycles. The monoisotopic (exact) mass is 364 g/mol. The van der Waals surface area contributed by atoms with Crippen molar-refractivity contribution in [3.63, 3.8) is 0 Å². The van der Waals surface area contributed by atoms with Crippen molar-refractivity contribution in [2.45, 2.75) is 6.92 Å². The molecule has 0 aliphatic rings. The fourth-order valence-corrected chi connectivity index (χ4v) is 2.50. The maximum Gasteiger partial charge on any atom is 0.274 e. The third kappa shape index (κ3) is 4.52. The van der Waals surface area contributed by atoms with Crippen molar-refractivity contribution in [3.8, 4) is 11.5 Å². The Hall–Kier alpha value is -3.61. The van der Waals surface area contributed by atoms with Crippen molar-refractivity contribution in [3.05, 3.63) is 66.1 Å². The summed E-state index contributed by atoms with van der Waals surface area (Å²) in [6.07, 6.45) is 0. The highest BCUT2D eigenvalue weighted by Crippen LogP contribution is 2.31. The molecule has 1 amide bonds. The standard InChI is InChI=1S/C20H20N4O3/c1-13-21-17(20(25)23-14-7-5-4-6-8-14)12-19(22-13)24-16-10-9-15(26-2)11-18(16)27-3/h4-12H,1-3H3,(H,23,25)(H,21,22,24). The van der Waals surface area contributed by atoms with Crippen LogP contribution in [0.5, 0.6) is 11.5 Å². The van der Waals surface area contributed by atoms with E-state index in [9.17, 15) is 4.79 Å². The number of benzene rings is 2. The Balaban J connectivity index is 1.84. The van der Waals surface area contributed by atoms with E-state index >= 15 is 0 Å². The Kier molecular flexibility index (Phi) is 5.51. The minimum Gasteiger partial charge on any atom is -0.497 e. The lowest BCUT2D eigenvalue weighted by Gasteiger charge is -2.13. The third-order valence-electron chi connectivity index (χ3n) is 3.77. The van der Waals surface area contributed by atoms with Gasteiger partial charge in [0.05, 0.1) is 19.9 Å². The van der Waals surface area contributed by atoms with Crippen molar-refractivity contribution < 1.29 is 14.3 Å². The van der Waals surface area contributed by atoms with Gasteiger partial charge in [-0.25, -0.2) is 9.97 Å². The molecule has 7 nitrogen and oxygen atoms in total. The summed E-state index contributed by atoms with van der Waals surface area (Å²) in [6.45, 7) is 1.73. The van der Waals surface area contributed by atoms with Gasteiger partial charge in [0.2, 0.25) is 0 Å². The van der Waals surface area contributed by atoms with Crippen molar-refractivity contribution >= 4 is 23.1 Å². The number of carbonyl (C=O) groups is 1. The smallest absolute Gasteiger partial charge is 0.274 e.